The van der Waals surface area contributed by atoms with Crippen LogP contribution in [0.2, 0.25) is 0 Å². The highest BCUT2D eigenvalue weighted by molar-refractivity contribution is 7.22. The summed E-state index contributed by atoms with van der Waals surface area (Å²) in [7, 11) is 4.12. The molecule has 1 heterocycles. The summed E-state index contributed by atoms with van der Waals surface area (Å²) in [6.45, 7) is 7.83. The van der Waals surface area contributed by atoms with Crippen LogP contribution in [0, 0.1) is 20.8 Å². The van der Waals surface area contributed by atoms with Gasteiger partial charge in [0.05, 0.1) is 16.6 Å². The second-order valence-corrected chi connectivity index (χ2v) is 8.74. The van der Waals surface area contributed by atoms with Gasteiger partial charge in [-0.05, 0) is 70.6 Å². The summed E-state index contributed by atoms with van der Waals surface area (Å²) in [5.41, 5.74) is 5.59. The van der Waals surface area contributed by atoms with Gasteiger partial charge in [0.1, 0.15) is 0 Å². The highest BCUT2D eigenvalue weighted by atomic mass is 35.5. The Morgan fingerprint density at radius 2 is 1.79 bits per heavy atom. The molecule has 0 spiro atoms. The van der Waals surface area contributed by atoms with Crippen molar-refractivity contribution in [1.29, 1.82) is 0 Å². The largest absolute Gasteiger partial charge is 0.309 e. The highest BCUT2D eigenvalue weighted by Crippen LogP contribution is 2.31. The molecule has 0 bridgehead atoms. The van der Waals surface area contributed by atoms with Crippen molar-refractivity contribution < 1.29 is 4.79 Å². The van der Waals surface area contributed by atoms with Crippen LogP contribution in [0.15, 0.2) is 36.4 Å². The van der Waals surface area contributed by atoms with E-state index < -0.39 is 0 Å². The molecule has 0 unspecified atom stereocenters. The highest BCUT2D eigenvalue weighted by Gasteiger charge is 2.21. The number of aryl methyl sites for hydroxylation is 3. The first-order valence-corrected chi connectivity index (χ1v) is 10.5. The maximum atomic E-state index is 13.3. The molecule has 0 saturated heterocycles. The van der Waals surface area contributed by atoms with E-state index in [1.165, 1.54) is 5.56 Å². The lowest BCUT2D eigenvalue weighted by Crippen LogP contribution is -2.34. The first-order chi connectivity index (χ1) is 13.3. The Labute approximate surface area is 184 Å². The lowest BCUT2D eigenvalue weighted by Gasteiger charge is -2.21. The Kier molecular flexibility index (Phi) is 8.20. The molecule has 0 radical (unpaired) electrons. The number of hydrogen-bond donors (Lipinski definition) is 0. The number of rotatable bonds is 7. The Morgan fingerprint density at radius 3 is 2.48 bits per heavy atom. The fourth-order valence-electron chi connectivity index (χ4n) is 3.31. The molecule has 0 saturated carbocycles. The molecule has 0 aliphatic rings. The van der Waals surface area contributed by atoms with Gasteiger partial charge in [-0.15, -0.1) is 12.4 Å². The van der Waals surface area contributed by atoms with E-state index in [2.05, 4.69) is 70.1 Å². The number of amides is 1. The van der Waals surface area contributed by atoms with Gasteiger partial charge in [-0.1, -0.05) is 47.2 Å². The molecule has 2 aromatic carbocycles. The van der Waals surface area contributed by atoms with Gasteiger partial charge in [0.15, 0.2) is 5.13 Å². The van der Waals surface area contributed by atoms with E-state index >= 15 is 0 Å². The molecule has 0 aliphatic heterocycles. The molecule has 1 amide bonds. The van der Waals surface area contributed by atoms with E-state index in [0.717, 1.165) is 45.0 Å². The van der Waals surface area contributed by atoms with Gasteiger partial charge in [0.2, 0.25) is 5.91 Å². The smallest absolute Gasteiger partial charge is 0.233 e. The summed E-state index contributed by atoms with van der Waals surface area (Å²) in [6.07, 6.45) is 1.32. The van der Waals surface area contributed by atoms with Crippen molar-refractivity contribution in [3.05, 3.63) is 58.7 Å². The van der Waals surface area contributed by atoms with Crippen molar-refractivity contribution in [2.45, 2.75) is 33.6 Å². The molecule has 3 aromatic rings. The molecular weight excluding hydrogens is 402 g/mol. The van der Waals surface area contributed by atoms with E-state index in [1.807, 2.05) is 11.0 Å². The SMILES string of the molecule is Cc1ccc(C)c(CC(=O)N(CCCN(C)C)c2nc3c(C)cccc3s2)c1.Cl. The Morgan fingerprint density at radius 1 is 1.03 bits per heavy atom. The lowest BCUT2D eigenvalue weighted by atomic mass is 10.0. The number of carbonyl (C=O) groups excluding carboxylic acids is 1. The van der Waals surface area contributed by atoms with Crippen LogP contribution in [-0.4, -0.2) is 43.0 Å². The Bertz CT molecular complexity index is 983. The summed E-state index contributed by atoms with van der Waals surface area (Å²) in [5.74, 6) is 0.115. The van der Waals surface area contributed by atoms with Crippen molar-refractivity contribution >= 4 is 45.0 Å². The molecule has 3 rings (SSSR count). The molecule has 0 N–H and O–H groups in total. The topological polar surface area (TPSA) is 36.4 Å². The molecule has 0 aliphatic carbocycles. The summed E-state index contributed by atoms with van der Waals surface area (Å²) in [6, 6.07) is 12.5. The van der Waals surface area contributed by atoms with Crippen molar-refractivity contribution in [1.82, 2.24) is 9.88 Å². The zero-order valence-corrected chi connectivity index (χ0v) is 19.5. The zero-order chi connectivity index (χ0) is 20.3. The van der Waals surface area contributed by atoms with Gasteiger partial charge in [0.25, 0.3) is 0 Å². The maximum absolute atomic E-state index is 13.3. The number of nitrogens with zero attached hydrogens (tertiary/aromatic N) is 3. The minimum atomic E-state index is 0. The molecule has 156 valence electrons. The van der Waals surface area contributed by atoms with Crippen LogP contribution in [0.4, 0.5) is 5.13 Å². The van der Waals surface area contributed by atoms with E-state index in [0.29, 0.717) is 13.0 Å². The molecule has 29 heavy (non-hydrogen) atoms. The summed E-state index contributed by atoms with van der Waals surface area (Å²) < 4.78 is 1.13. The average Bonchev–Trinajstić information content (AvgIpc) is 3.06. The fourth-order valence-corrected chi connectivity index (χ4v) is 4.40. The number of hydrogen-bond acceptors (Lipinski definition) is 4. The van der Waals surface area contributed by atoms with Gasteiger partial charge in [-0.3, -0.25) is 9.69 Å². The number of anilines is 1. The van der Waals surface area contributed by atoms with Gasteiger partial charge in [-0.2, -0.15) is 0 Å². The molecule has 6 heteroatoms. The number of benzene rings is 2. The molecular formula is C23H30ClN3OS. The number of fused-ring (bicyclic) bond motifs is 1. The summed E-state index contributed by atoms with van der Waals surface area (Å²) in [4.78, 5) is 22.1. The zero-order valence-electron chi connectivity index (χ0n) is 17.9. The van der Waals surface area contributed by atoms with Crippen molar-refractivity contribution in [2.24, 2.45) is 0 Å². The minimum absolute atomic E-state index is 0. The Balaban J connectivity index is 0.00000300. The number of aromatic nitrogens is 1. The van der Waals surface area contributed by atoms with Crippen LogP contribution in [0.25, 0.3) is 10.2 Å². The second-order valence-electron chi connectivity index (χ2n) is 7.73. The number of thiazole rings is 1. The van der Waals surface area contributed by atoms with Crippen LogP contribution < -0.4 is 4.90 Å². The minimum Gasteiger partial charge on any atom is -0.309 e. The van der Waals surface area contributed by atoms with Gasteiger partial charge in [0, 0.05) is 6.54 Å². The number of carbonyl (C=O) groups is 1. The fraction of sp³-hybridized carbons (Fsp3) is 0.391. The molecule has 0 atom stereocenters. The van der Waals surface area contributed by atoms with Gasteiger partial charge in [-0.25, -0.2) is 4.98 Å². The lowest BCUT2D eigenvalue weighted by molar-refractivity contribution is -0.118. The van der Waals surface area contributed by atoms with E-state index in [4.69, 9.17) is 4.98 Å². The first kappa shape index (κ1) is 23.3. The summed E-state index contributed by atoms with van der Waals surface area (Å²) in [5, 5.41) is 0.804. The monoisotopic (exact) mass is 431 g/mol. The van der Waals surface area contributed by atoms with Crippen LogP contribution in [-0.2, 0) is 11.2 Å². The van der Waals surface area contributed by atoms with Gasteiger partial charge >= 0.3 is 0 Å². The third kappa shape index (κ3) is 5.78. The van der Waals surface area contributed by atoms with E-state index in [1.54, 1.807) is 11.3 Å². The van der Waals surface area contributed by atoms with E-state index in [9.17, 15) is 4.79 Å². The average molecular weight is 432 g/mol. The van der Waals surface area contributed by atoms with Crippen LogP contribution in [0.1, 0.15) is 28.7 Å². The quantitative estimate of drug-likeness (QED) is 0.517. The second kappa shape index (κ2) is 10.2. The summed E-state index contributed by atoms with van der Waals surface area (Å²) >= 11 is 1.60. The first-order valence-electron chi connectivity index (χ1n) is 9.72. The van der Waals surface area contributed by atoms with Crippen LogP contribution >= 0.6 is 23.7 Å². The normalized spacial score (nSPS) is 11.0. The maximum Gasteiger partial charge on any atom is 0.233 e. The van der Waals surface area contributed by atoms with Crippen molar-refractivity contribution in [2.75, 3.05) is 32.1 Å². The van der Waals surface area contributed by atoms with Crippen LogP contribution in [0.5, 0.6) is 0 Å². The van der Waals surface area contributed by atoms with Crippen molar-refractivity contribution in [3.8, 4) is 0 Å². The van der Waals surface area contributed by atoms with Crippen LogP contribution in [0.3, 0.4) is 0 Å². The predicted molar refractivity (Wildman–Crippen MR) is 127 cm³/mol. The molecule has 4 nitrogen and oxygen atoms in total. The number of halogens is 1. The third-order valence-corrected chi connectivity index (χ3v) is 6.02. The molecule has 1 aromatic heterocycles. The Hall–Kier alpha value is -1.95. The third-order valence-electron chi connectivity index (χ3n) is 4.97. The van der Waals surface area contributed by atoms with Crippen molar-refractivity contribution in [3.63, 3.8) is 0 Å². The standard InChI is InChI=1S/C23H29N3OS.ClH/c1-16-10-11-17(2)19(14-16)15-21(27)26(13-7-12-25(4)5)23-24-22-18(3)8-6-9-20(22)28-23;/h6,8-11,14H,7,12-13,15H2,1-5H3;1H. The van der Waals surface area contributed by atoms with E-state index in [-0.39, 0.29) is 18.3 Å². The van der Waals surface area contributed by atoms with Gasteiger partial charge < -0.3 is 4.90 Å². The molecule has 0 fully saturated rings. The number of para-hydroxylation sites is 1. The predicted octanol–water partition coefficient (Wildman–Crippen LogP) is 5.17.